The predicted octanol–water partition coefficient (Wildman–Crippen LogP) is 7.04. The van der Waals surface area contributed by atoms with Gasteiger partial charge in [0.15, 0.2) is 0 Å². The first-order chi connectivity index (χ1) is 22.9. The van der Waals surface area contributed by atoms with Crippen LogP contribution in [0.25, 0.3) is 5.57 Å². The first kappa shape index (κ1) is 44.4. The predicted molar refractivity (Wildman–Crippen MR) is 202 cm³/mol. The lowest BCUT2D eigenvalue weighted by Crippen LogP contribution is -2.50. The number of hydrogen-bond donors (Lipinski definition) is 2. The van der Waals surface area contributed by atoms with Crippen molar-refractivity contribution in [2.24, 2.45) is 10.7 Å². The molecule has 0 spiro atoms. The van der Waals surface area contributed by atoms with Crippen molar-refractivity contribution in [3.63, 3.8) is 0 Å². The van der Waals surface area contributed by atoms with Crippen LogP contribution >= 0.6 is 11.6 Å². The zero-order valence-corrected chi connectivity index (χ0v) is 31.8. The topological polar surface area (TPSA) is 113 Å². The van der Waals surface area contributed by atoms with Crippen molar-refractivity contribution >= 4 is 35.5 Å². The van der Waals surface area contributed by atoms with Crippen LogP contribution in [0.5, 0.6) is 0 Å². The molecule has 1 aliphatic heterocycles. The summed E-state index contributed by atoms with van der Waals surface area (Å²) in [5, 5.41) is 3.56. The summed E-state index contributed by atoms with van der Waals surface area (Å²) in [4.78, 5) is 35.3. The number of amides is 2. The smallest absolute Gasteiger partial charge is 0.410 e. The van der Waals surface area contributed by atoms with E-state index in [-0.39, 0.29) is 30.8 Å². The lowest BCUT2D eigenvalue weighted by molar-refractivity contribution is -0.124. The van der Waals surface area contributed by atoms with Crippen LogP contribution in [-0.4, -0.2) is 99.2 Å². The second-order valence-corrected chi connectivity index (χ2v) is 11.5. The average molecular weight is 689 g/mol. The van der Waals surface area contributed by atoms with Gasteiger partial charge in [-0.3, -0.25) is 14.7 Å². The number of aliphatic imine (C=N–C) groups is 1. The summed E-state index contributed by atoms with van der Waals surface area (Å²) in [7, 11) is 4.95. The van der Waals surface area contributed by atoms with Crippen LogP contribution in [0.2, 0.25) is 5.02 Å². The van der Waals surface area contributed by atoms with E-state index in [1.54, 1.807) is 29.4 Å². The molecule has 2 amide bonds. The van der Waals surface area contributed by atoms with Crippen LogP contribution in [0.1, 0.15) is 78.5 Å². The van der Waals surface area contributed by atoms with Gasteiger partial charge in [-0.2, -0.15) is 0 Å². The maximum atomic E-state index is 12.8. The van der Waals surface area contributed by atoms with Crippen molar-refractivity contribution in [2.45, 2.75) is 79.5 Å². The van der Waals surface area contributed by atoms with E-state index in [2.05, 4.69) is 41.4 Å². The van der Waals surface area contributed by atoms with Gasteiger partial charge in [0.1, 0.15) is 6.61 Å². The molecule has 1 aromatic rings. The summed E-state index contributed by atoms with van der Waals surface area (Å²) >= 11 is 6.58. The lowest BCUT2D eigenvalue weighted by Gasteiger charge is -2.40. The number of piperazine rings is 1. The molecule has 1 fully saturated rings. The summed E-state index contributed by atoms with van der Waals surface area (Å²) in [6, 6.07) is 5.05. The second kappa shape index (κ2) is 24.5. The molecule has 0 unspecified atom stereocenters. The molecule has 1 aliphatic rings. The minimum Gasteiger partial charge on any atom is -0.447 e. The largest absolute Gasteiger partial charge is 0.447 e. The van der Waals surface area contributed by atoms with Gasteiger partial charge in [0.05, 0.1) is 18.5 Å². The van der Waals surface area contributed by atoms with Gasteiger partial charge < -0.3 is 30.3 Å². The van der Waals surface area contributed by atoms with Gasteiger partial charge in [0.25, 0.3) is 0 Å². The number of carbonyl (C=O) groups excluding carboxylic acids is 2. The van der Waals surface area contributed by atoms with Gasteiger partial charge in [-0.15, -0.1) is 0 Å². The molecule has 1 aromatic carbocycles. The third-order valence-electron chi connectivity index (χ3n) is 7.33. The zero-order chi connectivity index (χ0) is 36.8. The number of halogens is 1. The number of nitrogens with two attached hydrogens (primary N) is 1. The number of nitrogens with one attached hydrogen (secondary N) is 1. The quantitative estimate of drug-likeness (QED) is 0.115. The van der Waals surface area contributed by atoms with E-state index in [1.165, 1.54) is 12.7 Å². The molecule has 0 bridgehead atoms. The summed E-state index contributed by atoms with van der Waals surface area (Å²) in [5.41, 5.74) is 9.78. The van der Waals surface area contributed by atoms with E-state index in [0.29, 0.717) is 42.5 Å². The number of likely N-dealkylation sites (N-methyl/N-ethyl adjacent to an activating group) is 1. The highest BCUT2D eigenvalue weighted by atomic mass is 35.5. The average Bonchev–Trinajstić information content (AvgIpc) is 3.07. The van der Waals surface area contributed by atoms with Crippen LogP contribution in [0.4, 0.5) is 4.79 Å². The Labute approximate surface area is 295 Å². The Balaban J connectivity index is 0.00000531. The minimum absolute atomic E-state index is 0.0704. The minimum atomic E-state index is -0.660. The summed E-state index contributed by atoms with van der Waals surface area (Å²) in [6.45, 7) is 24.8. The highest BCUT2D eigenvalue weighted by Gasteiger charge is 2.32. The van der Waals surface area contributed by atoms with E-state index in [1.807, 2.05) is 72.9 Å². The van der Waals surface area contributed by atoms with Gasteiger partial charge in [-0.05, 0) is 68.6 Å². The van der Waals surface area contributed by atoms with Gasteiger partial charge in [-0.1, -0.05) is 76.2 Å². The molecule has 0 aliphatic carbocycles. The Kier molecular flexibility index (Phi) is 22.7. The Hall–Kier alpha value is -3.60. The van der Waals surface area contributed by atoms with Crippen molar-refractivity contribution in [2.75, 3.05) is 54.0 Å². The molecule has 1 heterocycles. The third kappa shape index (κ3) is 14.7. The van der Waals surface area contributed by atoms with Crippen LogP contribution < -0.4 is 11.1 Å². The molecule has 0 aromatic heterocycles. The molecule has 2 rings (SSSR count). The molecule has 11 heteroatoms. The Morgan fingerprint density at radius 3 is 2.31 bits per heavy atom. The second-order valence-electron chi connectivity index (χ2n) is 11.1. The molecule has 48 heavy (non-hydrogen) atoms. The van der Waals surface area contributed by atoms with Gasteiger partial charge >= 0.3 is 6.09 Å². The van der Waals surface area contributed by atoms with Crippen molar-refractivity contribution in [3.8, 4) is 0 Å². The molecular weight excluding hydrogens is 628 g/mol. The van der Waals surface area contributed by atoms with Crippen LogP contribution in [0.3, 0.4) is 0 Å². The maximum absolute atomic E-state index is 12.8. The summed E-state index contributed by atoms with van der Waals surface area (Å²) in [5.74, 6) is -0.307. The van der Waals surface area contributed by atoms with Gasteiger partial charge in [0.2, 0.25) is 5.91 Å². The fraction of sp³-hybridized carbons (Fsp3) is 0.541. The highest BCUT2D eigenvalue weighted by Crippen LogP contribution is 2.37. The lowest BCUT2D eigenvalue weighted by atomic mass is 9.87. The monoisotopic (exact) mass is 688 g/mol. The normalized spacial score (nSPS) is 14.8. The van der Waals surface area contributed by atoms with Crippen LogP contribution in [0, 0.1) is 0 Å². The number of hydrogen-bond acceptors (Lipinski definition) is 7. The SMILES string of the molecule is C=C(c1cc(Cl)ccc1[C@@H](C/C(C)=C\C/C=C\N)N1CCN(C(=O)OC(C)C)CC1)[C@@H](NC(=O)COC)C(=C)N(C)C=NC.CC.CC. The molecule has 0 radical (unpaired) electrons. The number of methoxy groups -OCH3 is 1. The van der Waals surface area contributed by atoms with Crippen molar-refractivity contribution in [3.05, 3.63) is 77.1 Å². The highest BCUT2D eigenvalue weighted by molar-refractivity contribution is 6.30. The number of ether oxygens (including phenoxy) is 2. The fourth-order valence-electron chi connectivity index (χ4n) is 5.07. The van der Waals surface area contributed by atoms with E-state index < -0.39 is 6.04 Å². The van der Waals surface area contributed by atoms with Crippen molar-refractivity contribution in [1.29, 1.82) is 0 Å². The van der Waals surface area contributed by atoms with E-state index in [0.717, 1.165) is 24.0 Å². The number of nitrogens with zero attached hydrogens (tertiary/aromatic N) is 4. The third-order valence-corrected chi connectivity index (χ3v) is 7.56. The van der Waals surface area contributed by atoms with E-state index in [9.17, 15) is 9.59 Å². The van der Waals surface area contributed by atoms with Gasteiger partial charge in [-0.25, -0.2) is 4.79 Å². The number of rotatable bonds is 15. The van der Waals surface area contributed by atoms with Gasteiger partial charge in [0, 0.05) is 64.1 Å². The summed E-state index contributed by atoms with van der Waals surface area (Å²) < 4.78 is 10.5. The Morgan fingerprint density at radius 1 is 1.15 bits per heavy atom. The van der Waals surface area contributed by atoms with E-state index >= 15 is 0 Å². The Bertz CT molecular complexity index is 1240. The standard InChI is InChI=1S/C33H49ClN6O4.2C2H6/c1-23(2)44-33(42)40-17-15-39(16-18-40)30(19-24(3)11-9-10-14-35)28-13-12-27(34)20-29(28)25(4)32(37-31(41)21-43-8)26(5)38(7)22-36-6;2*1-2/h10-14,20,22-23,30,32H,4-5,9,15-19,21,35H2,1-3,6-8H3,(H,37,41);2*1-2H3/b14-10-,24-11-,36-22?;;/t30-,32-;;/m1../s1. The zero-order valence-electron chi connectivity index (χ0n) is 31.0. The van der Waals surface area contributed by atoms with Crippen LogP contribution in [0.15, 0.2) is 66.0 Å². The molecule has 3 N–H and O–H groups in total. The van der Waals surface area contributed by atoms with Crippen molar-refractivity contribution < 1.29 is 19.1 Å². The summed E-state index contributed by atoms with van der Waals surface area (Å²) in [6.07, 6.45) is 8.21. The maximum Gasteiger partial charge on any atom is 0.410 e. The first-order valence-electron chi connectivity index (χ1n) is 16.8. The molecule has 1 saturated heterocycles. The number of carbonyl (C=O) groups is 2. The molecule has 2 atom stereocenters. The fourth-order valence-corrected chi connectivity index (χ4v) is 5.25. The van der Waals surface area contributed by atoms with Crippen molar-refractivity contribution in [1.82, 2.24) is 20.0 Å². The molecule has 0 saturated carbocycles. The molecule has 270 valence electrons. The Morgan fingerprint density at radius 2 is 1.77 bits per heavy atom. The van der Waals surface area contributed by atoms with E-state index in [4.69, 9.17) is 26.8 Å². The van der Waals surface area contributed by atoms with Crippen LogP contribution in [-0.2, 0) is 14.3 Å². The number of allylic oxidation sites excluding steroid dienone is 2. The molecule has 10 nitrogen and oxygen atoms in total. The number of benzene rings is 1. The first-order valence-corrected chi connectivity index (χ1v) is 17.1. The molecular formula is C37H61ClN6O4.